The topological polar surface area (TPSA) is 105 Å². The first kappa shape index (κ1) is 24.2. The number of hydrogen-bond acceptors (Lipinski definition) is 5. The second-order valence-electron chi connectivity index (χ2n) is 9.03. The second kappa shape index (κ2) is 9.76. The largest absolute Gasteiger partial charge is 0.478 e. The summed E-state index contributed by atoms with van der Waals surface area (Å²) in [6.45, 7) is 6.43. The highest BCUT2D eigenvalue weighted by atomic mass is 32.2. The average molecular weight is 486 g/mol. The highest BCUT2D eigenvalue weighted by Crippen LogP contribution is 2.36. The summed E-state index contributed by atoms with van der Waals surface area (Å²) in [6, 6.07) is 11.0. The highest BCUT2D eigenvalue weighted by molar-refractivity contribution is 7.89. The Morgan fingerprint density at radius 1 is 1.24 bits per heavy atom. The van der Waals surface area contributed by atoms with Gasteiger partial charge in [0.1, 0.15) is 5.75 Å². The van der Waals surface area contributed by atoms with Crippen LogP contribution in [0.15, 0.2) is 41.3 Å². The van der Waals surface area contributed by atoms with Crippen LogP contribution in [0.2, 0.25) is 0 Å². The molecule has 0 bridgehead atoms. The molecular weight excluding hydrogens is 454 g/mol. The summed E-state index contributed by atoms with van der Waals surface area (Å²) in [6.07, 6.45) is 1.08. The molecule has 9 heteroatoms. The third-order valence-corrected chi connectivity index (χ3v) is 8.40. The molecule has 0 aliphatic carbocycles. The molecule has 182 valence electrons. The molecule has 2 aromatic carbocycles. The van der Waals surface area contributed by atoms with Crippen molar-refractivity contribution in [2.45, 2.75) is 57.6 Å². The van der Waals surface area contributed by atoms with Gasteiger partial charge in [0.25, 0.3) is 5.91 Å². The van der Waals surface area contributed by atoms with Gasteiger partial charge in [-0.05, 0) is 50.3 Å². The minimum Gasteiger partial charge on any atom is -0.478 e. The van der Waals surface area contributed by atoms with Crippen molar-refractivity contribution in [3.8, 4) is 5.75 Å². The van der Waals surface area contributed by atoms with Crippen LogP contribution in [0.4, 0.5) is 5.69 Å². The summed E-state index contributed by atoms with van der Waals surface area (Å²) in [5.74, 6) is -0.438. The van der Waals surface area contributed by atoms with Crippen molar-refractivity contribution in [2.75, 3.05) is 18.4 Å². The highest BCUT2D eigenvalue weighted by Gasteiger charge is 2.35. The standard InChI is InChI=1S/C25H31N3O5S/c1-4-21-25(30)27-20-12-17(3)23(13-22(20)33-21)34(31,32)28-10-6-9-19(15-28)24(29)26-14-18-8-5-7-16(2)11-18/h5,7-8,11-13,19,21H,4,6,9-10,14-15H2,1-3H3,(H,26,29)(H,27,30)/t19-,21-/m1/s1. The lowest BCUT2D eigenvalue weighted by molar-refractivity contribution is -0.126. The molecule has 0 aromatic heterocycles. The molecule has 8 nitrogen and oxygen atoms in total. The predicted molar refractivity (Wildman–Crippen MR) is 129 cm³/mol. The Bertz CT molecular complexity index is 1210. The normalized spacial score (nSPS) is 20.7. The lowest BCUT2D eigenvalue weighted by Crippen LogP contribution is -2.45. The molecular formula is C25H31N3O5S. The van der Waals surface area contributed by atoms with Gasteiger partial charge in [-0.3, -0.25) is 9.59 Å². The van der Waals surface area contributed by atoms with Gasteiger partial charge in [0.05, 0.1) is 16.5 Å². The second-order valence-corrected chi connectivity index (χ2v) is 10.9. The molecule has 2 aliphatic heterocycles. The Balaban J connectivity index is 1.49. The van der Waals surface area contributed by atoms with Gasteiger partial charge in [0, 0.05) is 25.7 Å². The zero-order chi connectivity index (χ0) is 24.5. The number of anilines is 1. The van der Waals surface area contributed by atoms with E-state index in [1.54, 1.807) is 13.0 Å². The number of sulfonamides is 1. The molecule has 1 fully saturated rings. The molecule has 0 saturated carbocycles. The number of carbonyl (C=O) groups excluding carboxylic acids is 2. The van der Waals surface area contributed by atoms with Crippen molar-refractivity contribution in [3.63, 3.8) is 0 Å². The fourth-order valence-electron chi connectivity index (χ4n) is 4.50. The van der Waals surface area contributed by atoms with Crippen LogP contribution in [0.5, 0.6) is 5.75 Å². The van der Waals surface area contributed by atoms with Crippen LogP contribution in [0.25, 0.3) is 0 Å². The van der Waals surface area contributed by atoms with Gasteiger partial charge in [-0.2, -0.15) is 4.31 Å². The van der Waals surface area contributed by atoms with Crippen LogP contribution in [0.1, 0.15) is 42.9 Å². The number of benzene rings is 2. The van der Waals surface area contributed by atoms with E-state index in [-0.39, 0.29) is 23.3 Å². The van der Waals surface area contributed by atoms with Gasteiger partial charge in [-0.25, -0.2) is 8.42 Å². The maximum absolute atomic E-state index is 13.5. The molecule has 2 aliphatic rings. The fraction of sp³-hybridized carbons (Fsp3) is 0.440. The third-order valence-electron chi connectivity index (χ3n) is 6.39. The number of piperidine rings is 1. The van der Waals surface area contributed by atoms with Crippen molar-refractivity contribution in [2.24, 2.45) is 5.92 Å². The smallest absolute Gasteiger partial charge is 0.265 e. The first-order valence-corrected chi connectivity index (χ1v) is 13.1. The summed E-state index contributed by atoms with van der Waals surface area (Å²) < 4.78 is 34.2. The van der Waals surface area contributed by atoms with E-state index in [1.165, 1.54) is 10.4 Å². The molecule has 2 heterocycles. The monoisotopic (exact) mass is 485 g/mol. The van der Waals surface area contributed by atoms with E-state index < -0.39 is 22.0 Å². The lowest BCUT2D eigenvalue weighted by Gasteiger charge is -2.32. The molecule has 0 radical (unpaired) electrons. The van der Waals surface area contributed by atoms with Crippen molar-refractivity contribution in [1.82, 2.24) is 9.62 Å². The van der Waals surface area contributed by atoms with Crippen LogP contribution in [0.3, 0.4) is 0 Å². The predicted octanol–water partition coefficient (Wildman–Crippen LogP) is 3.13. The quantitative estimate of drug-likeness (QED) is 0.654. The molecule has 2 aromatic rings. The summed E-state index contributed by atoms with van der Waals surface area (Å²) in [4.78, 5) is 25.1. The minimum absolute atomic E-state index is 0.133. The van der Waals surface area contributed by atoms with E-state index in [0.717, 1.165) is 11.1 Å². The molecule has 0 unspecified atom stereocenters. The first-order chi connectivity index (χ1) is 16.2. The Hall–Kier alpha value is -2.91. The average Bonchev–Trinajstić information content (AvgIpc) is 2.82. The molecule has 1 saturated heterocycles. The Morgan fingerprint density at radius 3 is 2.76 bits per heavy atom. The van der Waals surface area contributed by atoms with E-state index >= 15 is 0 Å². The molecule has 2 atom stereocenters. The zero-order valence-electron chi connectivity index (χ0n) is 19.8. The number of ether oxygens (including phenoxy) is 1. The summed E-state index contributed by atoms with van der Waals surface area (Å²) >= 11 is 0. The van der Waals surface area contributed by atoms with Gasteiger partial charge in [0.2, 0.25) is 15.9 Å². The van der Waals surface area contributed by atoms with Crippen LogP contribution in [-0.2, 0) is 26.2 Å². The third kappa shape index (κ3) is 4.95. The van der Waals surface area contributed by atoms with Crippen LogP contribution >= 0.6 is 0 Å². The number of nitrogens with one attached hydrogen (secondary N) is 2. The Kier molecular flexibility index (Phi) is 6.95. The van der Waals surface area contributed by atoms with Crippen molar-refractivity contribution < 1.29 is 22.7 Å². The number of rotatable bonds is 6. The van der Waals surface area contributed by atoms with E-state index in [1.807, 2.05) is 38.1 Å². The van der Waals surface area contributed by atoms with Gasteiger partial charge in [-0.1, -0.05) is 36.8 Å². The van der Waals surface area contributed by atoms with E-state index in [2.05, 4.69) is 10.6 Å². The van der Waals surface area contributed by atoms with Gasteiger partial charge < -0.3 is 15.4 Å². The number of carbonyl (C=O) groups is 2. The van der Waals surface area contributed by atoms with Crippen molar-refractivity contribution in [3.05, 3.63) is 53.1 Å². The number of fused-ring (bicyclic) bond motifs is 1. The number of aryl methyl sites for hydroxylation is 2. The maximum Gasteiger partial charge on any atom is 0.265 e. The SMILES string of the molecule is CC[C@H]1Oc2cc(S(=O)(=O)N3CCC[C@@H](C(=O)NCc4cccc(C)c4)C3)c(C)cc2NC1=O. The van der Waals surface area contributed by atoms with E-state index in [9.17, 15) is 18.0 Å². The number of hydrogen-bond donors (Lipinski definition) is 2. The summed E-state index contributed by atoms with van der Waals surface area (Å²) in [7, 11) is -3.84. The Morgan fingerprint density at radius 2 is 2.03 bits per heavy atom. The number of amides is 2. The molecule has 2 N–H and O–H groups in total. The van der Waals surface area contributed by atoms with Crippen LogP contribution in [-0.4, -0.2) is 43.7 Å². The van der Waals surface area contributed by atoms with Gasteiger partial charge >= 0.3 is 0 Å². The minimum atomic E-state index is -3.84. The summed E-state index contributed by atoms with van der Waals surface area (Å²) in [5.41, 5.74) is 3.12. The van der Waals surface area contributed by atoms with Crippen LogP contribution in [0, 0.1) is 19.8 Å². The summed E-state index contributed by atoms with van der Waals surface area (Å²) in [5, 5.41) is 5.74. The fourth-order valence-corrected chi connectivity index (χ4v) is 6.25. The van der Waals surface area contributed by atoms with Crippen LogP contribution < -0.4 is 15.4 Å². The molecule has 34 heavy (non-hydrogen) atoms. The lowest BCUT2D eigenvalue weighted by atomic mass is 9.98. The molecule has 2 amide bonds. The molecule has 0 spiro atoms. The van der Waals surface area contributed by atoms with Crippen molar-refractivity contribution in [1.29, 1.82) is 0 Å². The maximum atomic E-state index is 13.5. The van der Waals surface area contributed by atoms with E-state index in [4.69, 9.17) is 4.74 Å². The first-order valence-electron chi connectivity index (χ1n) is 11.6. The van der Waals surface area contributed by atoms with Gasteiger partial charge in [0.15, 0.2) is 6.10 Å². The van der Waals surface area contributed by atoms with E-state index in [0.29, 0.717) is 49.4 Å². The van der Waals surface area contributed by atoms with Crippen molar-refractivity contribution >= 4 is 27.5 Å². The molecule has 4 rings (SSSR count). The Labute approximate surface area is 200 Å². The van der Waals surface area contributed by atoms with Gasteiger partial charge in [-0.15, -0.1) is 0 Å². The number of nitrogens with zero attached hydrogens (tertiary/aromatic N) is 1. The zero-order valence-corrected chi connectivity index (χ0v) is 20.6.